The lowest BCUT2D eigenvalue weighted by atomic mass is 9.54. The van der Waals surface area contributed by atoms with Crippen molar-refractivity contribution in [1.29, 1.82) is 0 Å². The molecule has 5 atom stereocenters. The van der Waals surface area contributed by atoms with Crippen LogP contribution < -0.4 is 20.2 Å². The second-order valence-corrected chi connectivity index (χ2v) is 10.5. The van der Waals surface area contributed by atoms with Crippen molar-refractivity contribution < 1.29 is 19.1 Å². The molecule has 2 saturated heterocycles. The maximum Gasteiger partial charge on any atom is 0.413 e. The number of likely N-dealkylation sites (N-methyl/N-ethyl adjacent to an activating group) is 1. The van der Waals surface area contributed by atoms with Crippen LogP contribution in [0.5, 0.6) is 11.5 Å². The highest BCUT2D eigenvalue weighted by Crippen LogP contribution is 2.62. The predicted molar refractivity (Wildman–Crippen MR) is 141 cm³/mol. The van der Waals surface area contributed by atoms with Crippen LogP contribution in [0.2, 0.25) is 0 Å². The van der Waals surface area contributed by atoms with E-state index in [1.165, 1.54) is 17.5 Å². The highest BCUT2D eigenvalue weighted by atomic mass is 35.5. The van der Waals surface area contributed by atoms with E-state index in [-0.39, 0.29) is 42.2 Å². The smallest absolute Gasteiger partial charge is 0.413 e. The van der Waals surface area contributed by atoms with Gasteiger partial charge in [0.1, 0.15) is 12.1 Å². The van der Waals surface area contributed by atoms with E-state index in [4.69, 9.17) is 9.47 Å². The fraction of sp³-hybridized carbons (Fsp3) is 0.615. The fourth-order valence-electron chi connectivity index (χ4n) is 6.91. The summed E-state index contributed by atoms with van der Waals surface area (Å²) in [6, 6.07) is 3.72. The molecule has 6 rings (SSSR count). The van der Waals surface area contributed by atoms with Gasteiger partial charge in [0.05, 0.1) is 0 Å². The number of hydrogen-bond acceptors (Lipinski definition) is 6. The van der Waals surface area contributed by atoms with Crippen molar-refractivity contribution >= 4 is 36.8 Å². The van der Waals surface area contributed by atoms with Crippen molar-refractivity contribution in [2.24, 2.45) is 5.92 Å². The number of carbonyl (C=O) groups is 2. The number of benzene rings is 1. The van der Waals surface area contributed by atoms with E-state index in [1.54, 1.807) is 6.92 Å². The number of amides is 2. The van der Waals surface area contributed by atoms with Gasteiger partial charge in [0.25, 0.3) is 5.91 Å². The highest BCUT2D eigenvalue weighted by molar-refractivity contribution is 5.86. The summed E-state index contributed by atoms with van der Waals surface area (Å²) >= 11 is 0. The van der Waals surface area contributed by atoms with Crippen LogP contribution in [0, 0.1) is 5.92 Å². The van der Waals surface area contributed by atoms with Gasteiger partial charge in [0.2, 0.25) is 0 Å². The lowest BCUT2D eigenvalue weighted by Crippen LogP contribution is -2.62. The summed E-state index contributed by atoms with van der Waals surface area (Å²) in [5.41, 5.74) is 5.42. The van der Waals surface area contributed by atoms with E-state index in [0.717, 1.165) is 57.5 Å². The van der Waals surface area contributed by atoms with Gasteiger partial charge >= 0.3 is 6.09 Å². The van der Waals surface area contributed by atoms with Gasteiger partial charge in [-0.3, -0.25) is 10.2 Å². The van der Waals surface area contributed by atoms with E-state index >= 15 is 0 Å². The van der Waals surface area contributed by atoms with Crippen molar-refractivity contribution in [3.63, 3.8) is 0 Å². The van der Waals surface area contributed by atoms with Crippen LogP contribution in [-0.4, -0.2) is 66.8 Å². The quantitative estimate of drug-likeness (QED) is 0.572. The Morgan fingerprint density at radius 3 is 2.72 bits per heavy atom. The number of hydrazine groups is 1. The molecule has 36 heavy (non-hydrogen) atoms. The van der Waals surface area contributed by atoms with Crippen molar-refractivity contribution in [3.05, 3.63) is 35.4 Å². The van der Waals surface area contributed by atoms with E-state index in [2.05, 4.69) is 40.9 Å². The minimum absolute atomic E-state index is 0. The lowest BCUT2D eigenvalue weighted by Gasteiger charge is -2.55. The van der Waals surface area contributed by atoms with Gasteiger partial charge in [0, 0.05) is 42.4 Å². The Bertz CT molecular complexity index is 1050. The highest BCUT2D eigenvalue weighted by Gasteiger charge is 2.62. The first-order valence-electron chi connectivity index (χ1n) is 12.7. The van der Waals surface area contributed by atoms with E-state index < -0.39 is 12.1 Å². The number of nitrogens with one attached hydrogen (secondary N) is 2. The van der Waals surface area contributed by atoms with Crippen LogP contribution in [0.4, 0.5) is 4.79 Å². The van der Waals surface area contributed by atoms with Crippen molar-refractivity contribution in [2.75, 3.05) is 26.7 Å². The topological polar surface area (TPSA) is 83.1 Å². The maximum atomic E-state index is 12.8. The largest absolute Gasteiger partial charge is 0.485 e. The molecule has 1 aromatic carbocycles. The van der Waals surface area contributed by atoms with Gasteiger partial charge in [-0.25, -0.2) is 9.80 Å². The van der Waals surface area contributed by atoms with Gasteiger partial charge in [-0.1, -0.05) is 24.6 Å². The third kappa shape index (κ3) is 4.26. The molecule has 0 saturated carbocycles. The number of piperidine rings is 2. The van der Waals surface area contributed by atoms with Crippen molar-refractivity contribution in [1.82, 2.24) is 20.7 Å². The maximum absolute atomic E-state index is 12.8. The molecule has 2 aliphatic carbocycles. The van der Waals surface area contributed by atoms with Crippen LogP contribution in [0.25, 0.3) is 0 Å². The molecule has 0 radical (unpaired) electrons. The molecule has 2 amide bonds. The average molecular weight is 540 g/mol. The SMILES string of the molecule is C[C@H](NC(=O)Oc1ccc2c3c1O[C@H]1CC=CC4C(C2)N(C)CC[C@@]341)C(=O)NN1CCCCC1.Cl.Cl. The van der Waals surface area contributed by atoms with Gasteiger partial charge in [-0.05, 0) is 57.8 Å². The summed E-state index contributed by atoms with van der Waals surface area (Å²) in [4.78, 5) is 27.8. The molecule has 1 aromatic rings. The molecule has 8 nitrogen and oxygen atoms in total. The standard InChI is InChI=1S/C26H34N4O4.2ClH/c1-16(24(31)28-30-12-4-3-5-13-30)27-25(32)33-20-10-9-17-15-19-18-7-6-8-21-26(18,11-14-29(19)2)22(17)23(20)34-21;;/h6-7,9-10,16,18-19,21H,3-5,8,11-15H2,1-2H3,(H,27,32)(H,28,31);2*1H/t16-,18?,19?,21-,26+;;/m0../s1. The van der Waals surface area contributed by atoms with Gasteiger partial charge < -0.3 is 19.7 Å². The second kappa shape index (κ2) is 10.4. The third-order valence-electron chi connectivity index (χ3n) is 8.64. The Balaban J connectivity index is 0.00000152. The number of rotatable bonds is 4. The number of halogens is 2. The van der Waals surface area contributed by atoms with Crippen molar-refractivity contribution in [2.45, 2.75) is 69.1 Å². The molecule has 0 aromatic heterocycles. The number of carbonyl (C=O) groups excluding carboxylic acids is 2. The summed E-state index contributed by atoms with van der Waals surface area (Å²) in [5, 5.41) is 4.61. The minimum Gasteiger partial charge on any atom is -0.485 e. The molecule has 2 fully saturated rings. The van der Waals surface area contributed by atoms with Crippen LogP contribution in [-0.2, 0) is 16.6 Å². The molecule has 2 unspecified atom stereocenters. The fourth-order valence-corrected chi connectivity index (χ4v) is 6.91. The molecule has 10 heteroatoms. The number of ether oxygens (including phenoxy) is 2. The molecule has 198 valence electrons. The lowest BCUT2D eigenvalue weighted by molar-refractivity contribution is -0.127. The molecular weight excluding hydrogens is 503 g/mol. The van der Waals surface area contributed by atoms with Gasteiger partial charge in [-0.15, -0.1) is 24.8 Å². The number of likely N-dealkylation sites (tertiary alicyclic amines) is 1. The number of hydrogen-bond donors (Lipinski definition) is 2. The Hall–Kier alpha value is -2.00. The molecular formula is C26H36Cl2N4O4. The third-order valence-corrected chi connectivity index (χ3v) is 8.64. The summed E-state index contributed by atoms with van der Waals surface area (Å²) in [5.74, 6) is 1.35. The zero-order chi connectivity index (χ0) is 23.4. The average Bonchev–Trinajstić information content (AvgIpc) is 3.17. The Kier molecular flexibility index (Phi) is 7.81. The molecule has 1 spiro atoms. The minimum atomic E-state index is -0.703. The Labute approximate surface area is 224 Å². The van der Waals surface area contributed by atoms with Gasteiger partial charge in [-0.2, -0.15) is 0 Å². The number of nitrogens with zero attached hydrogens (tertiary/aromatic N) is 2. The Morgan fingerprint density at radius 2 is 1.94 bits per heavy atom. The van der Waals surface area contributed by atoms with E-state index in [1.807, 2.05) is 11.1 Å². The van der Waals surface area contributed by atoms with Crippen LogP contribution in [0.1, 0.15) is 50.2 Å². The first kappa shape index (κ1) is 27.0. The zero-order valence-electron chi connectivity index (χ0n) is 20.8. The second-order valence-electron chi connectivity index (χ2n) is 10.5. The molecule has 3 aliphatic heterocycles. The Morgan fingerprint density at radius 1 is 1.17 bits per heavy atom. The summed E-state index contributed by atoms with van der Waals surface area (Å²) in [6.45, 7) is 4.40. The summed E-state index contributed by atoms with van der Waals surface area (Å²) in [7, 11) is 2.22. The molecule has 5 aliphatic rings. The van der Waals surface area contributed by atoms with Crippen LogP contribution in [0.3, 0.4) is 0 Å². The zero-order valence-corrected chi connectivity index (χ0v) is 22.5. The predicted octanol–water partition coefficient (Wildman–Crippen LogP) is 3.36. The first-order chi connectivity index (χ1) is 16.5. The summed E-state index contributed by atoms with van der Waals surface area (Å²) < 4.78 is 12.3. The molecule has 2 bridgehead atoms. The van der Waals surface area contributed by atoms with Gasteiger partial charge in [0.15, 0.2) is 11.5 Å². The van der Waals surface area contributed by atoms with Crippen molar-refractivity contribution in [3.8, 4) is 11.5 Å². The van der Waals surface area contributed by atoms with Crippen LogP contribution in [0.15, 0.2) is 24.3 Å². The van der Waals surface area contributed by atoms with E-state index in [9.17, 15) is 9.59 Å². The first-order valence-corrected chi connectivity index (χ1v) is 12.7. The van der Waals surface area contributed by atoms with Crippen LogP contribution >= 0.6 is 24.8 Å². The summed E-state index contributed by atoms with van der Waals surface area (Å²) in [6.07, 6.45) is 10.3. The molecule has 2 N–H and O–H groups in total. The normalized spacial score (nSPS) is 30.6. The van der Waals surface area contributed by atoms with E-state index in [0.29, 0.717) is 17.7 Å². The molecule has 3 heterocycles. The monoisotopic (exact) mass is 538 g/mol.